The predicted octanol–water partition coefficient (Wildman–Crippen LogP) is 4.37. The first-order chi connectivity index (χ1) is 7.18. The van der Waals surface area contributed by atoms with Crippen molar-refractivity contribution in [2.75, 3.05) is 0 Å². The Morgan fingerprint density at radius 2 is 1.40 bits per heavy atom. The van der Waals surface area contributed by atoms with Gasteiger partial charge in [0.05, 0.1) is 10.0 Å². The maximum atomic E-state index is 9.30. The number of aromatic hydroxyl groups is 1. The average molecular weight is 239 g/mol. The van der Waals surface area contributed by atoms with Crippen molar-refractivity contribution in [3.8, 4) is 16.9 Å². The van der Waals surface area contributed by atoms with Crippen molar-refractivity contribution >= 4 is 23.2 Å². The zero-order valence-electron chi connectivity index (χ0n) is 7.74. The van der Waals surface area contributed by atoms with Crippen LogP contribution in [0.25, 0.3) is 11.1 Å². The molecule has 76 valence electrons. The molecule has 15 heavy (non-hydrogen) atoms. The van der Waals surface area contributed by atoms with Gasteiger partial charge in [-0.15, -0.1) is 0 Å². The number of hydrogen-bond donors (Lipinski definition) is 1. The van der Waals surface area contributed by atoms with Crippen molar-refractivity contribution in [1.29, 1.82) is 0 Å². The van der Waals surface area contributed by atoms with Gasteiger partial charge in [-0.3, -0.25) is 0 Å². The normalized spacial score (nSPS) is 10.3. The second-order valence-electron chi connectivity index (χ2n) is 3.15. The summed E-state index contributed by atoms with van der Waals surface area (Å²) >= 11 is 12.0. The summed E-state index contributed by atoms with van der Waals surface area (Å²) in [7, 11) is 0. The highest BCUT2D eigenvalue weighted by molar-refractivity contribution is 6.39. The van der Waals surface area contributed by atoms with Gasteiger partial charge < -0.3 is 5.11 Å². The standard InChI is InChI=1S/C12H8Cl2O/c13-10-6-9(15)7-11(14)12(10)8-4-2-1-3-5-8/h1-7,15H. The largest absolute Gasteiger partial charge is 0.508 e. The zero-order chi connectivity index (χ0) is 10.8. The molecule has 3 heteroatoms. The van der Waals surface area contributed by atoms with Gasteiger partial charge in [0.2, 0.25) is 0 Å². The highest BCUT2D eigenvalue weighted by atomic mass is 35.5. The van der Waals surface area contributed by atoms with Crippen molar-refractivity contribution in [2.45, 2.75) is 0 Å². The fraction of sp³-hybridized carbons (Fsp3) is 0. The van der Waals surface area contributed by atoms with Gasteiger partial charge in [-0.25, -0.2) is 0 Å². The predicted molar refractivity (Wildman–Crippen MR) is 63.6 cm³/mol. The quantitative estimate of drug-likeness (QED) is 0.783. The lowest BCUT2D eigenvalue weighted by atomic mass is 10.1. The molecule has 0 aliphatic rings. The molecule has 0 saturated carbocycles. The summed E-state index contributed by atoms with van der Waals surface area (Å²) in [5, 5.41) is 10.2. The van der Waals surface area contributed by atoms with E-state index in [9.17, 15) is 5.11 Å². The highest BCUT2D eigenvalue weighted by Gasteiger charge is 2.09. The summed E-state index contributed by atoms with van der Waals surface area (Å²) in [5.41, 5.74) is 1.68. The van der Waals surface area contributed by atoms with E-state index < -0.39 is 0 Å². The summed E-state index contributed by atoms with van der Waals surface area (Å²) in [4.78, 5) is 0. The summed E-state index contributed by atoms with van der Waals surface area (Å²) < 4.78 is 0. The van der Waals surface area contributed by atoms with Gasteiger partial charge in [0.1, 0.15) is 5.75 Å². The Morgan fingerprint density at radius 3 is 1.93 bits per heavy atom. The van der Waals surface area contributed by atoms with E-state index in [1.54, 1.807) is 0 Å². The van der Waals surface area contributed by atoms with Crippen LogP contribution < -0.4 is 0 Å². The summed E-state index contributed by atoms with van der Waals surface area (Å²) in [5.74, 6) is 0.0738. The number of benzene rings is 2. The fourth-order valence-corrected chi connectivity index (χ4v) is 2.13. The monoisotopic (exact) mass is 238 g/mol. The van der Waals surface area contributed by atoms with Crippen molar-refractivity contribution in [3.63, 3.8) is 0 Å². The highest BCUT2D eigenvalue weighted by Crippen LogP contribution is 2.37. The van der Waals surface area contributed by atoms with Crippen LogP contribution in [0.1, 0.15) is 0 Å². The molecule has 0 fully saturated rings. The molecule has 1 N–H and O–H groups in total. The van der Waals surface area contributed by atoms with Gasteiger partial charge in [-0.05, 0) is 17.7 Å². The van der Waals surface area contributed by atoms with Crippen molar-refractivity contribution < 1.29 is 5.11 Å². The number of halogens is 2. The molecule has 2 aromatic carbocycles. The molecule has 0 unspecified atom stereocenters. The van der Waals surface area contributed by atoms with E-state index in [0.29, 0.717) is 10.0 Å². The molecule has 2 rings (SSSR count). The van der Waals surface area contributed by atoms with Gasteiger partial charge in [0.25, 0.3) is 0 Å². The molecule has 0 spiro atoms. The number of phenolic OH excluding ortho intramolecular Hbond substituents is 1. The average Bonchev–Trinajstić information content (AvgIpc) is 2.17. The molecule has 0 bridgehead atoms. The summed E-state index contributed by atoms with van der Waals surface area (Å²) in [6.45, 7) is 0. The zero-order valence-corrected chi connectivity index (χ0v) is 9.26. The molecule has 0 saturated heterocycles. The molecule has 0 aromatic heterocycles. The lowest BCUT2D eigenvalue weighted by Crippen LogP contribution is -1.81. The van der Waals surface area contributed by atoms with Gasteiger partial charge in [0, 0.05) is 5.56 Å². The van der Waals surface area contributed by atoms with Gasteiger partial charge in [-0.2, -0.15) is 0 Å². The molecule has 0 atom stereocenters. The van der Waals surface area contributed by atoms with E-state index in [4.69, 9.17) is 23.2 Å². The van der Waals surface area contributed by atoms with E-state index in [1.807, 2.05) is 30.3 Å². The third-order valence-electron chi connectivity index (χ3n) is 2.09. The molecule has 0 heterocycles. The Morgan fingerprint density at radius 1 is 0.867 bits per heavy atom. The first kappa shape index (κ1) is 10.3. The first-order valence-corrected chi connectivity index (χ1v) is 5.17. The Kier molecular flexibility index (Phi) is 2.85. The van der Waals surface area contributed by atoms with Crippen LogP contribution in [0, 0.1) is 0 Å². The smallest absolute Gasteiger partial charge is 0.118 e. The van der Waals surface area contributed by atoms with Crippen molar-refractivity contribution in [1.82, 2.24) is 0 Å². The van der Waals surface area contributed by atoms with Crippen LogP contribution >= 0.6 is 23.2 Å². The molecular weight excluding hydrogens is 231 g/mol. The SMILES string of the molecule is Oc1cc(Cl)c(-c2ccccc2)c(Cl)c1. The lowest BCUT2D eigenvalue weighted by molar-refractivity contribution is 0.475. The Balaban J connectivity index is 2.64. The molecule has 2 aromatic rings. The van der Waals surface area contributed by atoms with Gasteiger partial charge >= 0.3 is 0 Å². The molecule has 0 amide bonds. The van der Waals surface area contributed by atoms with E-state index >= 15 is 0 Å². The van der Waals surface area contributed by atoms with E-state index in [0.717, 1.165) is 11.1 Å². The lowest BCUT2D eigenvalue weighted by Gasteiger charge is -2.07. The molecule has 1 nitrogen and oxygen atoms in total. The second-order valence-corrected chi connectivity index (χ2v) is 3.96. The second kappa shape index (κ2) is 4.13. The maximum Gasteiger partial charge on any atom is 0.118 e. The third-order valence-corrected chi connectivity index (χ3v) is 2.69. The van der Waals surface area contributed by atoms with Crippen LogP contribution in [-0.4, -0.2) is 5.11 Å². The van der Waals surface area contributed by atoms with Crippen LogP contribution in [0.5, 0.6) is 5.75 Å². The first-order valence-electron chi connectivity index (χ1n) is 4.42. The van der Waals surface area contributed by atoms with Crippen LogP contribution in [0.4, 0.5) is 0 Å². The van der Waals surface area contributed by atoms with Crippen LogP contribution in [0.15, 0.2) is 42.5 Å². The Bertz CT molecular complexity index is 457. The maximum absolute atomic E-state index is 9.30. The van der Waals surface area contributed by atoms with Crippen molar-refractivity contribution in [3.05, 3.63) is 52.5 Å². The minimum Gasteiger partial charge on any atom is -0.508 e. The molecular formula is C12H8Cl2O. The fourth-order valence-electron chi connectivity index (χ4n) is 1.44. The third kappa shape index (κ3) is 2.09. The van der Waals surface area contributed by atoms with Crippen molar-refractivity contribution in [2.24, 2.45) is 0 Å². The number of rotatable bonds is 1. The van der Waals surface area contributed by atoms with Crippen LogP contribution in [0.2, 0.25) is 10.0 Å². The van der Waals surface area contributed by atoms with Crippen LogP contribution in [0.3, 0.4) is 0 Å². The van der Waals surface area contributed by atoms with Crippen LogP contribution in [-0.2, 0) is 0 Å². The molecule has 0 aliphatic carbocycles. The Labute approximate surface area is 97.9 Å². The number of phenols is 1. The summed E-state index contributed by atoms with van der Waals surface area (Å²) in [6.07, 6.45) is 0. The molecule has 0 radical (unpaired) electrons. The number of hydrogen-bond acceptors (Lipinski definition) is 1. The minimum atomic E-state index is 0.0738. The Hall–Kier alpha value is -1.18. The van der Waals surface area contributed by atoms with E-state index in [2.05, 4.69) is 0 Å². The van der Waals surface area contributed by atoms with E-state index in [-0.39, 0.29) is 5.75 Å². The van der Waals surface area contributed by atoms with E-state index in [1.165, 1.54) is 12.1 Å². The summed E-state index contributed by atoms with van der Waals surface area (Å²) in [6, 6.07) is 12.6. The minimum absolute atomic E-state index is 0.0738. The van der Waals surface area contributed by atoms with Gasteiger partial charge in [-0.1, -0.05) is 53.5 Å². The van der Waals surface area contributed by atoms with Gasteiger partial charge in [0.15, 0.2) is 0 Å². The topological polar surface area (TPSA) is 20.2 Å². The molecule has 0 aliphatic heterocycles.